The number of rotatable bonds is 1. The quantitative estimate of drug-likeness (QED) is 0.302. The van der Waals surface area contributed by atoms with Crippen LogP contribution in [0.4, 0.5) is 0 Å². The summed E-state index contributed by atoms with van der Waals surface area (Å²) >= 11 is 6.20. The average Bonchev–Trinajstić information content (AvgIpc) is 3.17. The third-order valence-electron chi connectivity index (χ3n) is 6.18. The number of para-hydroxylation sites is 1. The van der Waals surface area contributed by atoms with Crippen LogP contribution in [0.5, 0.6) is 0 Å². The highest BCUT2D eigenvalue weighted by Crippen LogP contribution is 2.50. The van der Waals surface area contributed by atoms with Crippen LogP contribution in [0.3, 0.4) is 0 Å². The Bertz CT molecular complexity index is 1450. The minimum absolute atomic E-state index is 0.0319. The van der Waals surface area contributed by atoms with Gasteiger partial charge in [-0.05, 0) is 46.5 Å². The Hall–Kier alpha value is -3.17. The maximum Gasteiger partial charge on any atom is 0.236 e. The summed E-state index contributed by atoms with van der Waals surface area (Å²) in [4.78, 5) is 9.02. The van der Waals surface area contributed by atoms with Crippen LogP contribution in [-0.2, 0) is 5.41 Å². The molecule has 0 unspecified atom stereocenters. The summed E-state index contributed by atoms with van der Waals surface area (Å²) in [6.07, 6.45) is 1.71. The molecular formula is C25H18ClN3. The molecule has 3 nitrogen and oxygen atoms in total. The van der Waals surface area contributed by atoms with Crippen molar-refractivity contribution in [3.63, 3.8) is 0 Å². The molecule has 140 valence electrons. The fourth-order valence-corrected chi connectivity index (χ4v) is 4.95. The molecular weight excluding hydrogens is 378 g/mol. The molecule has 0 fully saturated rings. The molecule has 0 amide bonds. The van der Waals surface area contributed by atoms with Crippen molar-refractivity contribution in [3.8, 4) is 17.1 Å². The highest BCUT2D eigenvalue weighted by atomic mass is 35.5. The van der Waals surface area contributed by atoms with Crippen LogP contribution in [0.2, 0.25) is 5.15 Å². The molecule has 1 aliphatic rings. The fraction of sp³-hybridized carbons (Fsp3) is 0.120. The average molecular weight is 396 g/mol. The minimum atomic E-state index is -0.0319. The van der Waals surface area contributed by atoms with Crippen molar-refractivity contribution in [2.45, 2.75) is 19.3 Å². The normalized spacial score (nSPS) is 14.3. The molecule has 5 aromatic rings. The Labute approximate surface area is 173 Å². The Balaban J connectivity index is 1.79. The van der Waals surface area contributed by atoms with E-state index in [0.29, 0.717) is 11.1 Å². The number of nitrogens with zero attached hydrogens (tertiary/aromatic N) is 3. The number of hydrogen-bond donors (Lipinski definition) is 0. The minimum Gasteiger partial charge on any atom is -0.278 e. The predicted molar refractivity (Wildman–Crippen MR) is 119 cm³/mol. The summed E-state index contributed by atoms with van der Waals surface area (Å²) in [5.74, 6) is 0.592. The van der Waals surface area contributed by atoms with Gasteiger partial charge in [0.25, 0.3) is 0 Å². The molecule has 1 aliphatic carbocycles. The summed E-state index contributed by atoms with van der Waals surface area (Å²) in [7, 11) is 0. The smallest absolute Gasteiger partial charge is 0.236 e. The first-order chi connectivity index (χ1) is 14.1. The Morgan fingerprint density at radius 3 is 2.45 bits per heavy atom. The zero-order valence-electron chi connectivity index (χ0n) is 16.1. The van der Waals surface area contributed by atoms with Crippen molar-refractivity contribution in [2.24, 2.45) is 0 Å². The summed E-state index contributed by atoms with van der Waals surface area (Å²) < 4.78 is 2.12. The second kappa shape index (κ2) is 5.68. The van der Waals surface area contributed by atoms with Gasteiger partial charge >= 0.3 is 0 Å². The van der Waals surface area contributed by atoms with E-state index in [2.05, 4.69) is 89.0 Å². The number of fused-ring (bicyclic) bond motifs is 6. The van der Waals surface area contributed by atoms with E-state index in [1.807, 2.05) is 0 Å². The second-order valence-electron chi connectivity index (χ2n) is 8.12. The summed E-state index contributed by atoms with van der Waals surface area (Å²) in [5.41, 5.74) is 7.47. The lowest BCUT2D eigenvalue weighted by Crippen LogP contribution is -2.14. The van der Waals surface area contributed by atoms with Crippen molar-refractivity contribution in [1.29, 1.82) is 0 Å². The van der Waals surface area contributed by atoms with E-state index in [-0.39, 0.29) is 5.41 Å². The first kappa shape index (κ1) is 16.8. The first-order valence-electron chi connectivity index (χ1n) is 9.72. The largest absolute Gasteiger partial charge is 0.278 e. The van der Waals surface area contributed by atoms with Gasteiger partial charge in [-0.25, -0.2) is 9.97 Å². The highest BCUT2D eigenvalue weighted by molar-refractivity contribution is 6.29. The maximum atomic E-state index is 6.20. The van der Waals surface area contributed by atoms with Crippen LogP contribution in [0.15, 0.2) is 72.9 Å². The molecule has 2 aromatic heterocycles. The zero-order chi connectivity index (χ0) is 19.8. The lowest BCUT2D eigenvalue weighted by molar-refractivity contribution is 0.661. The third kappa shape index (κ3) is 2.19. The van der Waals surface area contributed by atoms with Crippen LogP contribution in [0.25, 0.3) is 38.9 Å². The molecule has 0 spiro atoms. The summed E-state index contributed by atoms with van der Waals surface area (Å²) in [6, 6.07) is 23.5. The third-order valence-corrected chi connectivity index (χ3v) is 6.40. The first-order valence-corrected chi connectivity index (χ1v) is 10.1. The lowest BCUT2D eigenvalue weighted by Gasteiger charge is -2.21. The van der Waals surface area contributed by atoms with E-state index in [1.54, 1.807) is 12.3 Å². The topological polar surface area (TPSA) is 30.7 Å². The number of hydrogen-bond acceptors (Lipinski definition) is 2. The lowest BCUT2D eigenvalue weighted by atomic mass is 9.82. The molecule has 0 radical (unpaired) electrons. The molecule has 0 bridgehead atoms. The Morgan fingerprint density at radius 1 is 0.793 bits per heavy atom. The van der Waals surface area contributed by atoms with E-state index in [9.17, 15) is 0 Å². The van der Waals surface area contributed by atoms with Gasteiger partial charge in [-0.2, -0.15) is 0 Å². The van der Waals surface area contributed by atoms with Gasteiger partial charge in [0.1, 0.15) is 5.15 Å². The van der Waals surface area contributed by atoms with Gasteiger partial charge in [-0.15, -0.1) is 0 Å². The van der Waals surface area contributed by atoms with Crippen molar-refractivity contribution in [2.75, 3.05) is 0 Å². The van der Waals surface area contributed by atoms with Gasteiger partial charge in [-0.1, -0.05) is 67.9 Å². The molecule has 0 atom stereocenters. The van der Waals surface area contributed by atoms with E-state index in [0.717, 1.165) is 11.0 Å². The van der Waals surface area contributed by atoms with Crippen molar-refractivity contribution >= 4 is 33.4 Å². The van der Waals surface area contributed by atoms with Crippen molar-refractivity contribution in [1.82, 2.24) is 14.5 Å². The Kier molecular flexibility index (Phi) is 3.28. The fourth-order valence-electron chi connectivity index (χ4n) is 4.81. The molecule has 2 heterocycles. The molecule has 0 saturated heterocycles. The number of halogens is 1. The summed E-state index contributed by atoms with van der Waals surface area (Å²) in [5, 5.41) is 2.85. The monoisotopic (exact) mass is 395 g/mol. The van der Waals surface area contributed by atoms with Gasteiger partial charge in [0.05, 0.1) is 11.0 Å². The van der Waals surface area contributed by atoms with Crippen molar-refractivity contribution < 1.29 is 0 Å². The van der Waals surface area contributed by atoms with Crippen LogP contribution in [0, 0.1) is 0 Å². The van der Waals surface area contributed by atoms with Gasteiger partial charge in [-0.3, -0.25) is 4.57 Å². The van der Waals surface area contributed by atoms with Gasteiger partial charge in [0.15, 0.2) is 0 Å². The molecule has 0 aliphatic heterocycles. The second-order valence-corrected chi connectivity index (χ2v) is 8.50. The highest BCUT2D eigenvalue weighted by Gasteiger charge is 2.36. The van der Waals surface area contributed by atoms with Crippen LogP contribution >= 0.6 is 11.6 Å². The molecule has 3 aromatic carbocycles. The van der Waals surface area contributed by atoms with E-state index >= 15 is 0 Å². The number of benzene rings is 3. The predicted octanol–water partition coefficient (Wildman–Crippen LogP) is 6.53. The Morgan fingerprint density at radius 2 is 1.59 bits per heavy atom. The van der Waals surface area contributed by atoms with Gasteiger partial charge < -0.3 is 0 Å². The van der Waals surface area contributed by atoms with Gasteiger partial charge in [0.2, 0.25) is 5.95 Å². The van der Waals surface area contributed by atoms with Crippen LogP contribution < -0.4 is 0 Å². The van der Waals surface area contributed by atoms with Crippen LogP contribution in [0.1, 0.15) is 25.0 Å². The molecule has 4 heteroatoms. The number of aromatic nitrogens is 3. The van der Waals surface area contributed by atoms with E-state index in [4.69, 9.17) is 11.6 Å². The SMILES string of the molecule is CC1(C)c2ccccc2-c2cc3c(cc21)c1ccccc1n3-c1nccc(Cl)n1. The molecule has 0 N–H and O–H groups in total. The maximum absolute atomic E-state index is 6.20. The zero-order valence-corrected chi connectivity index (χ0v) is 16.9. The van der Waals surface area contributed by atoms with Crippen LogP contribution in [-0.4, -0.2) is 14.5 Å². The summed E-state index contributed by atoms with van der Waals surface area (Å²) in [6.45, 7) is 4.62. The van der Waals surface area contributed by atoms with Gasteiger partial charge in [0, 0.05) is 22.4 Å². The van der Waals surface area contributed by atoms with Crippen molar-refractivity contribution in [3.05, 3.63) is 89.2 Å². The van der Waals surface area contributed by atoms with E-state index < -0.39 is 0 Å². The molecule has 6 rings (SSSR count). The molecule has 29 heavy (non-hydrogen) atoms. The standard InChI is InChI=1S/C25H18ClN3/c1-25(2)19-9-5-3-7-15(19)17-14-22-18(13-20(17)25)16-8-4-6-10-21(16)29(22)24-27-12-11-23(26)28-24/h3-14H,1-2H3. The molecule has 0 saturated carbocycles. The van der Waals surface area contributed by atoms with E-state index in [1.165, 1.54) is 33.0 Å².